The van der Waals surface area contributed by atoms with Gasteiger partial charge in [-0.15, -0.1) is 11.3 Å². The van der Waals surface area contributed by atoms with Crippen LogP contribution >= 0.6 is 22.9 Å². The van der Waals surface area contributed by atoms with Gasteiger partial charge >= 0.3 is 0 Å². The van der Waals surface area contributed by atoms with E-state index in [1.807, 2.05) is 30.3 Å². The first-order valence-corrected chi connectivity index (χ1v) is 6.71. The van der Waals surface area contributed by atoms with E-state index in [-0.39, 0.29) is 0 Å². The standard InChI is InChI=1S/C14H10ClNOS/c15-11-3-1-10(2-4-11)14-7-13(9-18-14)16-12-5-6-17-8-12/h1-9,16H. The normalized spacial score (nSPS) is 10.5. The Bertz CT molecular complexity index is 628. The van der Waals surface area contributed by atoms with Crippen LogP contribution in [0.2, 0.25) is 5.02 Å². The molecule has 3 rings (SSSR count). The third-order valence-corrected chi connectivity index (χ3v) is 3.77. The second-order valence-electron chi connectivity index (χ2n) is 3.84. The number of hydrogen-bond acceptors (Lipinski definition) is 3. The minimum absolute atomic E-state index is 0.757. The maximum absolute atomic E-state index is 5.88. The van der Waals surface area contributed by atoms with Gasteiger partial charge in [0.25, 0.3) is 0 Å². The molecule has 0 radical (unpaired) electrons. The number of anilines is 2. The molecule has 2 nitrogen and oxygen atoms in total. The van der Waals surface area contributed by atoms with E-state index in [0.717, 1.165) is 16.4 Å². The highest BCUT2D eigenvalue weighted by molar-refractivity contribution is 7.14. The highest BCUT2D eigenvalue weighted by Crippen LogP contribution is 2.31. The Morgan fingerprint density at radius 1 is 1.06 bits per heavy atom. The molecule has 0 fully saturated rings. The van der Waals surface area contributed by atoms with E-state index in [1.54, 1.807) is 23.9 Å². The van der Waals surface area contributed by atoms with Crippen molar-refractivity contribution in [2.24, 2.45) is 0 Å². The minimum Gasteiger partial charge on any atom is -0.470 e. The average molecular weight is 276 g/mol. The van der Waals surface area contributed by atoms with E-state index in [0.29, 0.717) is 0 Å². The van der Waals surface area contributed by atoms with E-state index < -0.39 is 0 Å². The number of thiophene rings is 1. The average Bonchev–Trinajstić information content (AvgIpc) is 3.02. The zero-order valence-electron chi connectivity index (χ0n) is 9.39. The lowest BCUT2D eigenvalue weighted by Gasteiger charge is -1.98. The number of benzene rings is 1. The summed E-state index contributed by atoms with van der Waals surface area (Å²) in [6.45, 7) is 0. The lowest BCUT2D eigenvalue weighted by molar-refractivity contribution is 0.568. The first-order valence-electron chi connectivity index (χ1n) is 5.45. The Morgan fingerprint density at radius 2 is 1.89 bits per heavy atom. The van der Waals surface area contributed by atoms with Crippen LogP contribution in [0.15, 0.2) is 58.7 Å². The highest BCUT2D eigenvalue weighted by atomic mass is 35.5. The summed E-state index contributed by atoms with van der Waals surface area (Å²) >= 11 is 7.57. The predicted molar refractivity (Wildman–Crippen MR) is 76.8 cm³/mol. The molecular weight excluding hydrogens is 266 g/mol. The summed E-state index contributed by atoms with van der Waals surface area (Å²) in [7, 11) is 0. The zero-order chi connectivity index (χ0) is 12.4. The molecule has 0 spiro atoms. The maximum atomic E-state index is 5.88. The molecule has 1 N–H and O–H groups in total. The third-order valence-electron chi connectivity index (χ3n) is 2.54. The molecule has 1 aromatic carbocycles. The number of rotatable bonds is 3. The summed E-state index contributed by atoms with van der Waals surface area (Å²) in [5.74, 6) is 0. The molecule has 0 aliphatic rings. The number of halogens is 1. The molecule has 18 heavy (non-hydrogen) atoms. The molecule has 0 aliphatic carbocycles. The van der Waals surface area contributed by atoms with Crippen LogP contribution in [0.3, 0.4) is 0 Å². The summed E-state index contributed by atoms with van der Waals surface area (Å²) in [5.41, 5.74) is 3.19. The lowest BCUT2D eigenvalue weighted by atomic mass is 10.2. The van der Waals surface area contributed by atoms with Gasteiger partial charge in [-0.3, -0.25) is 0 Å². The van der Waals surface area contributed by atoms with Crippen LogP contribution in [-0.4, -0.2) is 0 Å². The van der Waals surface area contributed by atoms with Crippen LogP contribution < -0.4 is 5.32 Å². The zero-order valence-corrected chi connectivity index (χ0v) is 11.0. The van der Waals surface area contributed by atoms with E-state index in [4.69, 9.17) is 16.0 Å². The molecule has 2 aromatic heterocycles. The summed E-state index contributed by atoms with van der Waals surface area (Å²) < 4.78 is 5.02. The van der Waals surface area contributed by atoms with Crippen molar-refractivity contribution in [3.63, 3.8) is 0 Å². The van der Waals surface area contributed by atoms with Crippen molar-refractivity contribution in [3.8, 4) is 10.4 Å². The fourth-order valence-corrected chi connectivity index (χ4v) is 2.64. The third kappa shape index (κ3) is 2.42. The van der Waals surface area contributed by atoms with E-state index in [1.165, 1.54) is 10.4 Å². The van der Waals surface area contributed by atoms with Crippen LogP contribution in [0, 0.1) is 0 Å². The molecule has 0 amide bonds. The van der Waals surface area contributed by atoms with Crippen LogP contribution in [0.1, 0.15) is 0 Å². The molecule has 0 unspecified atom stereocenters. The fourth-order valence-electron chi connectivity index (χ4n) is 1.67. The monoisotopic (exact) mass is 275 g/mol. The van der Waals surface area contributed by atoms with E-state index in [9.17, 15) is 0 Å². The summed E-state index contributed by atoms with van der Waals surface area (Å²) in [4.78, 5) is 1.21. The summed E-state index contributed by atoms with van der Waals surface area (Å²) in [5, 5.41) is 6.11. The molecule has 0 aliphatic heterocycles. The molecule has 3 aromatic rings. The first kappa shape index (κ1) is 11.4. The predicted octanol–water partition coefficient (Wildman–Crippen LogP) is 5.41. The Morgan fingerprint density at radius 3 is 2.61 bits per heavy atom. The molecule has 0 saturated heterocycles. The minimum atomic E-state index is 0.757. The molecular formula is C14H10ClNOS. The van der Waals surface area contributed by atoms with Crippen molar-refractivity contribution in [2.45, 2.75) is 0 Å². The topological polar surface area (TPSA) is 25.2 Å². The van der Waals surface area contributed by atoms with Crippen LogP contribution in [0.25, 0.3) is 10.4 Å². The first-order chi connectivity index (χ1) is 8.81. The maximum Gasteiger partial charge on any atom is 0.114 e. The van der Waals surface area contributed by atoms with Gasteiger partial charge in [0.1, 0.15) is 6.26 Å². The molecule has 2 heterocycles. The van der Waals surface area contributed by atoms with Crippen LogP contribution in [-0.2, 0) is 0 Å². The second-order valence-corrected chi connectivity index (χ2v) is 5.19. The van der Waals surface area contributed by atoms with Gasteiger partial charge in [0.05, 0.1) is 12.0 Å². The quantitative estimate of drug-likeness (QED) is 0.692. The van der Waals surface area contributed by atoms with Gasteiger partial charge in [0.2, 0.25) is 0 Å². The summed E-state index contributed by atoms with van der Waals surface area (Å²) in [6.07, 6.45) is 3.33. The summed E-state index contributed by atoms with van der Waals surface area (Å²) in [6, 6.07) is 11.9. The van der Waals surface area contributed by atoms with E-state index in [2.05, 4.69) is 16.8 Å². The fraction of sp³-hybridized carbons (Fsp3) is 0. The SMILES string of the molecule is Clc1ccc(-c2cc(Nc3ccoc3)cs2)cc1. The second kappa shape index (κ2) is 4.88. The van der Waals surface area contributed by atoms with Crippen LogP contribution in [0.5, 0.6) is 0 Å². The van der Waals surface area contributed by atoms with Crippen molar-refractivity contribution in [1.29, 1.82) is 0 Å². The van der Waals surface area contributed by atoms with Gasteiger partial charge in [0, 0.05) is 21.0 Å². The van der Waals surface area contributed by atoms with Gasteiger partial charge in [-0.05, 0) is 29.8 Å². The molecule has 0 bridgehead atoms. The van der Waals surface area contributed by atoms with Gasteiger partial charge in [0.15, 0.2) is 0 Å². The van der Waals surface area contributed by atoms with Crippen molar-refractivity contribution in [3.05, 3.63) is 59.3 Å². The number of hydrogen-bond donors (Lipinski definition) is 1. The van der Waals surface area contributed by atoms with Crippen molar-refractivity contribution >= 4 is 34.3 Å². The molecule has 0 atom stereocenters. The lowest BCUT2D eigenvalue weighted by Crippen LogP contribution is -1.83. The van der Waals surface area contributed by atoms with Crippen molar-refractivity contribution < 1.29 is 4.42 Å². The van der Waals surface area contributed by atoms with Crippen LogP contribution in [0.4, 0.5) is 11.4 Å². The van der Waals surface area contributed by atoms with Gasteiger partial charge < -0.3 is 9.73 Å². The van der Waals surface area contributed by atoms with Crippen molar-refractivity contribution in [2.75, 3.05) is 5.32 Å². The molecule has 4 heteroatoms. The Hall–Kier alpha value is -1.71. The number of nitrogens with one attached hydrogen (secondary N) is 1. The van der Waals surface area contributed by atoms with Gasteiger partial charge in [-0.25, -0.2) is 0 Å². The largest absolute Gasteiger partial charge is 0.470 e. The molecule has 90 valence electrons. The highest BCUT2D eigenvalue weighted by Gasteiger charge is 2.03. The van der Waals surface area contributed by atoms with Gasteiger partial charge in [-0.2, -0.15) is 0 Å². The number of furan rings is 1. The molecule has 0 saturated carbocycles. The Labute approximate surface area is 114 Å². The van der Waals surface area contributed by atoms with E-state index >= 15 is 0 Å². The Kier molecular flexibility index (Phi) is 3.09. The van der Waals surface area contributed by atoms with Gasteiger partial charge in [-0.1, -0.05) is 23.7 Å². The smallest absolute Gasteiger partial charge is 0.114 e. The Balaban J connectivity index is 1.83. The van der Waals surface area contributed by atoms with Crippen molar-refractivity contribution in [1.82, 2.24) is 0 Å².